The van der Waals surface area contributed by atoms with Crippen molar-refractivity contribution in [2.24, 2.45) is 0 Å². The summed E-state index contributed by atoms with van der Waals surface area (Å²) in [5, 5.41) is 9.80. The van der Waals surface area contributed by atoms with E-state index in [0.29, 0.717) is 34.6 Å². The molecule has 0 atom stereocenters. The van der Waals surface area contributed by atoms with Crippen molar-refractivity contribution in [1.29, 1.82) is 0 Å². The van der Waals surface area contributed by atoms with Gasteiger partial charge < -0.3 is 10.1 Å². The average molecular weight is 503 g/mol. The van der Waals surface area contributed by atoms with Gasteiger partial charge in [0.05, 0.1) is 11.4 Å². The van der Waals surface area contributed by atoms with Gasteiger partial charge in [0.2, 0.25) is 0 Å². The molecule has 152 valence electrons. The fraction of sp³-hybridized carbons (Fsp3) is 0.0909. The Kier molecular flexibility index (Phi) is 6.52. The van der Waals surface area contributed by atoms with Gasteiger partial charge >= 0.3 is 0 Å². The molecule has 4 aromatic rings. The normalized spacial score (nSPS) is 10.7. The van der Waals surface area contributed by atoms with Crippen molar-refractivity contribution in [3.05, 3.63) is 97.7 Å². The molecule has 0 unspecified atom stereocenters. The first kappa shape index (κ1) is 20.7. The maximum atomic E-state index is 12.5. The maximum absolute atomic E-state index is 12.5. The zero-order chi connectivity index (χ0) is 20.9. The second-order valence-electron chi connectivity index (χ2n) is 6.54. The quantitative estimate of drug-likeness (QED) is 0.325. The van der Waals surface area contributed by atoms with E-state index in [-0.39, 0.29) is 5.91 Å². The zero-order valence-electron chi connectivity index (χ0n) is 15.7. The van der Waals surface area contributed by atoms with Crippen LogP contribution in [-0.4, -0.2) is 15.7 Å². The Bertz CT molecular complexity index is 1160. The molecule has 0 bridgehead atoms. The van der Waals surface area contributed by atoms with Crippen molar-refractivity contribution in [1.82, 2.24) is 9.78 Å². The molecule has 0 aliphatic carbocycles. The number of hydrogen-bond acceptors (Lipinski definition) is 4. The minimum absolute atomic E-state index is 0.192. The van der Waals surface area contributed by atoms with E-state index in [1.807, 2.05) is 54.0 Å². The Balaban J connectivity index is 1.33. The van der Waals surface area contributed by atoms with Gasteiger partial charge in [-0.05, 0) is 47.3 Å². The summed E-state index contributed by atoms with van der Waals surface area (Å²) < 4.78 is 8.55. The third-order valence-electron chi connectivity index (χ3n) is 4.22. The zero-order valence-corrected chi connectivity index (χ0v) is 18.9. The van der Waals surface area contributed by atoms with Gasteiger partial charge in [0.25, 0.3) is 5.91 Å². The molecule has 0 aliphatic heterocycles. The van der Waals surface area contributed by atoms with Crippen molar-refractivity contribution in [3.63, 3.8) is 0 Å². The second-order valence-corrected chi connectivity index (χ2v) is 8.81. The summed E-state index contributed by atoms with van der Waals surface area (Å²) in [6, 6.07) is 18.9. The highest BCUT2D eigenvalue weighted by atomic mass is 79.9. The first-order valence-electron chi connectivity index (χ1n) is 9.10. The molecule has 5 nitrogen and oxygen atoms in total. The van der Waals surface area contributed by atoms with Gasteiger partial charge in [-0.1, -0.05) is 45.7 Å². The summed E-state index contributed by atoms with van der Waals surface area (Å²) in [5.41, 5.74) is 2.05. The van der Waals surface area contributed by atoms with Crippen LogP contribution in [0.2, 0.25) is 5.02 Å². The number of halogens is 2. The third-order valence-corrected chi connectivity index (χ3v) is 5.96. The number of amides is 1. The van der Waals surface area contributed by atoms with Gasteiger partial charge in [-0.15, -0.1) is 11.3 Å². The van der Waals surface area contributed by atoms with E-state index < -0.39 is 0 Å². The van der Waals surface area contributed by atoms with E-state index in [0.717, 1.165) is 15.6 Å². The summed E-state index contributed by atoms with van der Waals surface area (Å²) in [7, 11) is 0. The number of carbonyl (C=O) groups is 1. The van der Waals surface area contributed by atoms with Crippen LogP contribution in [0.3, 0.4) is 0 Å². The van der Waals surface area contributed by atoms with E-state index >= 15 is 0 Å². The smallest absolute Gasteiger partial charge is 0.266 e. The highest BCUT2D eigenvalue weighted by molar-refractivity contribution is 9.10. The fourth-order valence-electron chi connectivity index (χ4n) is 2.77. The van der Waals surface area contributed by atoms with Crippen LogP contribution in [0.5, 0.6) is 5.75 Å². The van der Waals surface area contributed by atoms with Gasteiger partial charge in [0.15, 0.2) is 5.82 Å². The predicted octanol–water partition coefficient (Wildman–Crippen LogP) is 6.24. The van der Waals surface area contributed by atoms with E-state index in [9.17, 15) is 4.79 Å². The summed E-state index contributed by atoms with van der Waals surface area (Å²) >= 11 is 10.8. The minimum atomic E-state index is -0.192. The van der Waals surface area contributed by atoms with Crippen LogP contribution in [0.25, 0.3) is 0 Å². The standard InChI is InChI=1S/C22H17BrClN3O2S/c23-17-6-4-15(5-7-17)12-27-9-8-21(26-27)25-22(28)20-10-16(14-30-20)13-29-19-3-1-2-18(24)11-19/h1-11,14H,12-13H2,(H,25,26,28). The van der Waals surface area contributed by atoms with Crippen LogP contribution in [0.4, 0.5) is 5.82 Å². The number of anilines is 1. The van der Waals surface area contributed by atoms with Crippen LogP contribution in [-0.2, 0) is 13.2 Å². The Morgan fingerprint density at radius 3 is 2.77 bits per heavy atom. The third kappa shape index (κ3) is 5.50. The number of aromatic nitrogens is 2. The first-order valence-corrected chi connectivity index (χ1v) is 11.2. The van der Waals surface area contributed by atoms with E-state index in [1.54, 1.807) is 22.9 Å². The molecule has 0 fully saturated rings. The minimum Gasteiger partial charge on any atom is -0.489 e. The number of nitrogens with one attached hydrogen (secondary N) is 1. The molecule has 0 radical (unpaired) electrons. The average Bonchev–Trinajstić information content (AvgIpc) is 3.38. The van der Waals surface area contributed by atoms with Gasteiger partial charge in [-0.25, -0.2) is 0 Å². The van der Waals surface area contributed by atoms with Crippen molar-refractivity contribution in [2.75, 3.05) is 5.32 Å². The lowest BCUT2D eigenvalue weighted by Gasteiger charge is -2.04. The number of carbonyl (C=O) groups excluding carboxylic acids is 1. The molecule has 2 aromatic carbocycles. The van der Waals surface area contributed by atoms with Gasteiger partial charge in [-0.2, -0.15) is 5.10 Å². The molecular weight excluding hydrogens is 486 g/mol. The Hall–Kier alpha value is -2.61. The molecule has 1 amide bonds. The van der Waals surface area contributed by atoms with E-state index in [2.05, 4.69) is 26.3 Å². The second kappa shape index (κ2) is 9.47. The number of rotatable bonds is 7. The Labute approximate surface area is 191 Å². The van der Waals surface area contributed by atoms with Crippen LogP contribution < -0.4 is 10.1 Å². The van der Waals surface area contributed by atoms with Crippen molar-refractivity contribution in [3.8, 4) is 5.75 Å². The largest absolute Gasteiger partial charge is 0.489 e. The fourth-order valence-corrected chi connectivity index (χ4v) is 4.00. The van der Waals surface area contributed by atoms with Crippen LogP contribution >= 0.6 is 38.9 Å². The molecule has 0 saturated carbocycles. The Morgan fingerprint density at radius 1 is 1.13 bits per heavy atom. The van der Waals surface area contributed by atoms with Gasteiger partial charge in [0.1, 0.15) is 12.4 Å². The van der Waals surface area contributed by atoms with Crippen LogP contribution in [0.15, 0.2) is 76.7 Å². The highest BCUT2D eigenvalue weighted by Gasteiger charge is 2.12. The number of benzene rings is 2. The lowest BCUT2D eigenvalue weighted by atomic mass is 10.2. The molecule has 30 heavy (non-hydrogen) atoms. The molecule has 0 saturated heterocycles. The molecule has 2 aromatic heterocycles. The molecule has 1 N–H and O–H groups in total. The van der Waals surface area contributed by atoms with Crippen LogP contribution in [0, 0.1) is 0 Å². The van der Waals surface area contributed by atoms with Crippen molar-refractivity contribution in [2.45, 2.75) is 13.2 Å². The predicted molar refractivity (Wildman–Crippen MR) is 124 cm³/mol. The molecule has 4 rings (SSSR count). The van der Waals surface area contributed by atoms with Crippen molar-refractivity contribution >= 4 is 50.6 Å². The topological polar surface area (TPSA) is 56.2 Å². The first-order chi connectivity index (χ1) is 14.5. The molecular formula is C22H17BrClN3O2S. The monoisotopic (exact) mass is 501 g/mol. The summed E-state index contributed by atoms with van der Waals surface area (Å²) in [4.78, 5) is 13.1. The van der Waals surface area contributed by atoms with Crippen molar-refractivity contribution < 1.29 is 9.53 Å². The molecule has 2 heterocycles. The lowest BCUT2D eigenvalue weighted by Crippen LogP contribution is -2.11. The van der Waals surface area contributed by atoms with Crippen LogP contribution in [0.1, 0.15) is 20.8 Å². The van der Waals surface area contributed by atoms with E-state index in [1.165, 1.54) is 11.3 Å². The van der Waals surface area contributed by atoms with E-state index in [4.69, 9.17) is 16.3 Å². The molecule has 0 aliphatic rings. The molecule has 0 spiro atoms. The lowest BCUT2D eigenvalue weighted by molar-refractivity contribution is 0.103. The SMILES string of the molecule is O=C(Nc1ccn(Cc2ccc(Br)cc2)n1)c1cc(COc2cccc(Cl)c2)cs1. The Morgan fingerprint density at radius 2 is 1.97 bits per heavy atom. The van der Waals surface area contributed by atoms with Gasteiger partial charge in [-0.3, -0.25) is 9.48 Å². The maximum Gasteiger partial charge on any atom is 0.266 e. The summed E-state index contributed by atoms with van der Waals surface area (Å²) in [5.74, 6) is 1.01. The number of thiophene rings is 1. The summed E-state index contributed by atoms with van der Waals surface area (Å²) in [6.07, 6.45) is 1.84. The number of ether oxygens (including phenoxy) is 1. The summed E-state index contributed by atoms with van der Waals surface area (Å²) in [6.45, 7) is 0.999. The number of hydrogen-bond donors (Lipinski definition) is 1. The molecule has 8 heteroatoms. The van der Waals surface area contributed by atoms with Gasteiger partial charge in [0, 0.05) is 27.3 Å². The number of nitrogens with zero attached hydrogens (tertiary/aromatic N) is 2. The highest BCUT2D eigenvalue weighted by Crippen LogP contribution is 2.21.